The minimum absolute atomic E-state index is 0.141. The van der Waals surface area contributed by atoms with Crippen LogP contribution in [0.3, 0.4) is 0 Å². The smallest absolute Gasteiger partial charge is 0.279 e. The Morgan fingerprint density at radius 2 is 2.07 bits per heavy atom. The van der Waals surface area contributed by atoms with Crippen molar-refractivity contribution in [1.29, 1.82) is 0 Å². The van der Waals surface area contributed by atoms with E-state index in [0.29, 0.717) is 28.0 Å². The number of amides is 1. The van der Waals surface area contributed by atoms with Gasteiger partial charge in [0.2, 0.25) is 5.91 Å². The Balaban J connectivity index is 2.16. The summed E-state index contributed by atoms with van der Waals surface area (Å²) < 4.78 is 12.5. The van der Waals surface area contributed by atoms with Crippen molar-refractivity contribution in [2.45, 2.75) is 30.8 Å². The highest BCUT2D eigenvalue weighted by Crippen LogP contribution is 2.40. The van der Waals surface area contributed by atoms with Crippen LogP contribution in [0.5, 0.6) is 11.5 Å². The van der Waals surface area contributed by atoms with Crippen molar-refractivity contribution >= 4 is 23.5 Å². The summed E-state index contributed by atoms with van der Waals surface area (Å²) in [5.74, 6) is 2.01. The molecule has 0 unspecified atom stereocenters. The van der Waals surface area contributed by atoms with E-state index in [1.54, 1.807) is 30.9 Å². The quantitative estimate of drug-likeness (QED) is 0.604. The predicted molar refractivity (Wildman–Crippen MR) is 105 cm³/mol. The van der Waals surface area contributed by atoms with Gasteiger partial charge in [0.05, 0.1) is 19.8 Å². The maximum atomic E-state index is 12.9. The summed E-state index contributed by atoms with van der Waals surface area (Å²) in [5, 5.41) is 3.45. The molecule has 0 spiro atoms. The molecule has 8 heteroatoms. The van der Waals surface area contributed by atoms with Gasteiger partial charge >= 0.3 is 0 Å². The van der Waals surface area contributed by atoms with Crippen LogP contribution in [-0.2, 0) is 11.8 Å². The van der Waals surface area contributed by atoms with E-state index in [2.05, 4.69) is 17.2 Å². The van der Waals surface area contributed by atoms with Crippen LogP contribution in [0.2, 0.25) is 0 Å². The summed E-state index contributed by atoms with van der Waals surface area (Å²) in [6.45, 7) is 2.07. The van der Waals surface area contributed by atoms with E-state index in [0.717, 1.165) is 17.7 Å². The minimum Gasteiger partial charge on any atom is -0.497 e. The zero-order valence-corrected chi connectivity index (χ0v) is 16.7. The molecule has 0 fully saturated rings. The van der Waals surface area contributed by atoms with E-state index in [1.807, 2.05) is 13.1 Å². The molecule has 1 aliphatic rings. The number of methoxy groups -OCH3 is 2. The first-order valence-electron chi connectivity index (χ1n) is 8.75. The number of anilines is 1. The molecule has 1 amide bonds. The lowest BCUT2D eigenvalue weighted by molar-refractivity contribution is -0.116. The number of carbonyl (C=O) groups excluding carboxylic acids is 1. The van der Waals surface area contributed by atoms with E-state index in [-0.39, 0.29) is 17.9 Å². The Hall–Kier alpha value is -2.48. The van der Waals surface area contributed by atoms with Crippen LogP contribution in [-0.4, -0.2) is 35.4 Å². The molecule has 0 saturated carbocycles. The van der Waals surface area contributed by atoms with Crippen molar-refractivity contribution in [2.75, 3.05) is 25.3 Å². The fourth-order valence-corrected chi connectivity index (χ4v) is 4.05. The first-order chi connectivity index (χ1) is 13.0. The number of hydrogen-bond donors (Lipinski definition) is 1. The van der Waals surface area contributed by atoms with E-state index < -0.39 is 5.92 Å². The first kappa shape index (κ1) is 19.3. The van der Waals surface area contributed by atoms with Crippen LogP contribution >= 0.6 is 11.8 Å². The third-order valence-corrected chi connectivity index (χ3v) is 5.79. The van der Waals surface area contributed by atoms with Crippen LogP contribution in [0.15, 0.2) is 28.2 Å². The number of ether oxygens (including phenoxy) is 2. The molecule has 144 valence electrons. The second kappa shape index (κ2) is 8.04. The molecule has 0 saturated heterocycles. The van der Waals surface area contributed by atoms with Gasteiger partial charge in [-0.2, -0.15) is 4.98 Å². The van der Waals surface area contributed by atoms with Crippen molar-refractivity contribution in [3.63, 3.8) is 0 Å². The number of thioether (sulfide) groups is 1. The molecule has 1 N–H and O–H groups in total. The Kier molecular flexibility index (Phi) is 5.74. The minimum atomic E-state index is -0.425. The fourth-order valence-electron chi connectivity index (χ4n) is 3.23. The van der Waals surface area contributed by atoms with Gasteiger partial charge in [0.1, 0.15) is 17.3 Å². The van der Waals surface area contributed by atoms with Gasteiger partial charge < -0.3 is 19.4 Å². The topological polar surface area (TPSA) is 82.5 Å². The van der Waals surface area contributed by atoms with Gasteiger partial charge in [-0.1, -0.05) is 24.8 Å². The highest BCUT2D eigenvalue weighted by Gasteiger charge is 2.33. The molecule has 3 rings (SSSR count). The molecule has 1 aromatic heterocycles. The molecular formula is C19H23N3O4S. The highest BCUT2D eigenvalue weighted by molar-refractivity contribution is 7.99. The van der Waals surface area contributed by atoms with Crippen molar-refractivity contribution < 1.29 is 14.3 Å². The second-order valence-electron chi connectivity index (χ2n) is 6.28. The lowest BCUT2D eigenvalue weighted by Crippen LogP contribution is -2.33. The Morgan fingerprint density at radius 3 is 2.74 bits per heavy atom. The van der Waals surface area contributed by atoms with Crippen LogP contribution in [0.1, 0.15) is 36.8 Å². The van der Waals surface area contributed by atoms with E-state index in [9.17, 15) is 9.59 Å². The van der Waals surface area contributed by atoms with Crippen LogP contribution in [0.4, 0.5) is 5.82 Å². The molecule has 2 heterocycles. The molecule has 0 aliphatic carbocycles. The molecule has 0 radical (unpaired) electrons. The number of carbonyl (C=O) groups is 1. The number of benzene rings is 1. The van der Waals surface area contributed by atoms with Gasteiger partial charge in [-0.15, -0.1) is 0 Å². The van der Waals surface area contributed by atoms with Gasteiger partial charge in [0.15, 0.2) is 5.16 Å². The lowest BCUT2D eigenvalue weighted by atomic mass is 9.86. The summed E-state index contributed by atoms with van der Waals surface area (Å²) >= 11 is 1.50. The lowest BCUT2D eigenvalue weighted by Gasteiger charge is -2.28. The molecule has 1 aromatic carbocycles. The molecule has 1 atom stereocenters. The van der Waals surface area contributed by atoms with Crippen molar-refractivity contribution in [3.8, 4) is 11.5 Å². The zero-order valence-electron chi connectivity index (χ0n) is 15.9. The molecule has 2 aromatic rings. The fraction of sp³-hybridized carbons (Fsp3) is 0.421. The maximum absolute atomic E-state index is 12.9. The second-order valence-corrected chi connectivity index (χ2v) is 7.34. The Morgan fingerprint density at radius 1 is 1.30 bits per heavy atom. The molecule has 1 aliphatic heterocycles. The SMILES string of the molecule is CCCSc1nc(=O)c2c(n1C)NC(=O)C[C@@H]2c1ccc(OC)cc1OC. The van der Waals surface area contributed by atoms with E-state index in [1.165, 1.54) is 11.8 Å². The van der Waals surface area contributed by atoms with Gasteiger partial charge in [-0.05, 0) is 12.5 Å². The largest absolute Gasteiger partial charge is 0.497 e. The van der Waals surface area contributed by atoms with Crippen LogP contribution < -0.4 is 20.3 Å². The van der Waals surface area contributed by atoms with Crippen molar-refractivity contribution in [3.05, 3.63) is 39.7 Å². The van der Waals surface area contributed by atoms with Gasteiger partial charge in [0.25, 0.3) is 5.56 Å². The van der Waals surface area contributed by atoms with Crippen molar-refractivity contribution in [1.82, 2.24) is 9.55 Å². The summed E-state index contributed by atoms with van der Waals surface area (Å²) in [5.41, 5.74) is 0.938. The monoisotopic (exact) mass is 389 g/mol. The number of rotatable bonds is 6. The third-order valence-electron chi connectivity index (χ3n) is 4.55. The normalized spacial score (nSPS) is 15.9. The van der Waals surface area contributed by atoms with Gasteiger partial charge in [0, 0.05) is 36.8 Å². The average molecular weight is 389 g/mol. The first-order valence-corrected chi connectivity index (χ1v) is 9.74. The average Bonchev–Trinajstić information content (AvgIpc) is 2.68. The number of hydrogen-bond acceptors (Lipinski definition) is 6. The number of fused-ring (bicyclic) bond motifs is 1. The predicted octanol–water partition coefficient (Wildman–Crippen LogP) is 2.77. The molecule has 0 bridgehead atoms. The number of nitrogens with one attached hydrogen (secondary N) is 1. The van der Waals surface area contributed by atoms with Crippen molar-refractivity contribution in [2.24, 2.45) is 7.05 Å². The summed E-state index contributed by atoms with van der Waals surface area (Å²) in [4.78, 5) is 29.5. The molecular weight excluding hydrogens is 366 g/mol. The Labute approximate surface area is 162 Å². The molecule has 7 nitrogen and oxygen atoms in total. The molecule has 27 heavy (non-hydrogen) atoms. The highest BCUT2D eigenvalue weighted by atomic mass is 32.2. The number of aromatic nitrogens is 2. The third kappa shape index (κ3) is 3.66. The van der Waals surface area contributed by atoms with Gasteiger partial charge in [-0.3, -0.25) is 9.59 Å². The van der Waals surface area contributed by atoms with Crippen LogP contribution in [0, 0.1) is 0 Å². The van der Waals surface area contributed by atoms with E-state index in [4.69, 9.17) is 9.47 Å². The summed E-state index contributed by atoms with van der Waals surface area (Å²) in [6.07, 6.45) is 1.13. The van der Waals surface area contributed by atoms with Crippen LogP contribution in [0.25, 0.3) is 0 Å². The maximum Gasteiger partial charge on any atom is 0.279 e. The standard InChI is InChI=1S/C19H23N3O4S/c1-5-8-27-19-21-18(24)16-13(10-15(23)20-17(16)22(19)2)12-7-6-11(25-3)9-14(12)26-4/h6-7,9,13H,5,8,10H2,1-4H3,(H,20,23)/t13-/m1/s1. The van der Waals surface area contributed by atoms with E-state index >= 15 is 0 Å². The summed E-state index contributed by atoms with van der Waals surface area (Å²) in [6, 6.07) is 5.39. The Bertz CT molecular complexity index is 926. The number of nitrogens with zero attached hydrogens (tertiary/aromatic N) is 2. The summed E-state index contributed by atoms with van der Waals surface area (Å²) in [7, 11) is 4.95. The van der Waals surface area contributed by atoms with Gasteiger partial charge in [-0.25, -0.2) is 0 Å². The zero-order chi connectivity index (χ0) is 19.6.